The molecule has 37 heavy (non-hydrogen) atoms. The highest BCUT2D eigenvalue weighted by Gasteiger charge is 2.52. The number of methoxy groups -OCH3 is 1. The molecule has 0 radical (unpaired) electrons. The normalized spacial score (nSPS) is 23.1. The zero-order valence-electron chi connectivity index (χ0n) is 19.5. The van der Waals surface area contributed by atoms with Gasteiger partial charge in [-0.3, -0.25) is 14.9 Å². The Labute approximate surface area is 210 Å². The molecule has 6 rings (SSSR count). The second-order valence-electron chi connectivity index (χ2n) is 9.15. The first-order valence-corrected chi connectivity index (χ1v) is 11.6. The summed E-state index contributed by atoms with van der Waals surface area (Å²) in [5, 5.41) is 35.3. The number of anilines is 1. The lowest BCUT2D eigenvalue weighted by molar-refractivity contribution is -0.384. The average Bonchev–Trinajstić information content (AvgIpc) is 3.51. The first-order valence-electron chi connectivity index (χ1n) is 11.6. The van der Waals surface area contributed by atoms with E-state index in [1.807, 2.05) is 12.1 Å². The van der Waals surface area contributed by atoms with Gasteiger partial charge < -0.3 is 34.5 Å². The van der Waals surface area contributed by atoms with Crippen LogP contribution in [-0.2, 0) is 9.53 Å². The Bertz CT molecular complexity index is 1440. The lowest BCUT2D eigenvalue weighted by Crippen LogP contribution is -2.37. The van der Waals surface area contributed by atoms with Crippen LogP contribution in [0.15, 0.2) is 48.5 Å². The molecule has 3 aromatic rings. The number of hydrogen-bond donors (Lipinski definition) is 3. The quantitative estimate of drug-likeness (QED) is 0.202. The van der Waals surface area contributed by atoms with Crippen molar-refractivity contribution >= 4 is 17.3 Å². The van der Waals surface area contributed by atoms with Crippen LogP contribution in [-0.4, -0.2) is 41.6 Å². The molecule has 2 heterocycles. The van der Waals surface area contributed by atoms with Crippen LogP contribution in [0.5, 0.6) is 28.7 Å². The predicted molar refractivity (Wildman–Crippen MR) is 128 cm³/mol. The Morgan fingerprint density at radius 3 is 2.54 bits per heavy atom. The van der Waals surface area contributed by atoms with Crippen molar-refractivity contribution in [2.75, 3.05) is 25.8 Å². The van der Waals surface area contributed by atoms with Gasteiger partial charge in [0.05, 0.1) is 30.6 Å². The Morgan fingerprint density at radius 2 is 1.81 bits per heavy atom. The summed E-state index contributed by atoms with van der Waals surface area (Å²) in [6, 6.07) is 12.4. The summed E-state index contributed by atoms with van der Waals surface area (Å²) in [7, 11) is 1.37. The summed E-state index contributed by atoms with van der Waals surface area (Å²) in [5.41, 5.74) is 2.54. The zero-order valence-corrected chi connectivity index (χ0v) is 19.5. The third-order valence-corrected chi connectivity index (χ3v) is 7.22. The molecule has 11 heteroatoms. The van der Waals surface area contributed by atoms with Crippen LogP contribution >= 0.6 is 0 Å². The second kappa shape index (κ2) is 8.47. The Hall–Kier alpha value is -4.67. The van der Waals surface area contributed by atoms with Gasteiger partial charge in [-0.25, -0.2) is 0 Å². The highest BCUT2D eigenvalue weighted by atomic mass is 16.7. The summed E-state index contributed by atoms with van der Waals surface area (Å²) < 4.78 is 22.0. The number of hydrogen-bond acceptors (Lipinski definition) is 10. The summed E-state index contributed by atoms with van der Waals surface area (Å²) in [6.07, 6.45) is 0. The van der Waals surface area contributed by atoms with Crippen molar-refractivity contribution < 1.29 is 38.9 Å². The smallest absolute Gasteiger partial charge is 0.310 e. The molecule has 0 spiro atoms. The number of cyclic esters (lactones) is 1. The number of ether oxygens (including phenoxy) is 4. The highest BCUT2D eigenvalue weighted by molar-refractivity contribution is 5.79. The van der Waals surface area contributed by atoms with Gasteiger partial charge >= 0.3 is 5.97 Å². The van der Waals surface area contributed by atoms with Crippen LogP contribution in [0, 0.1) is 22.0 Å². The van der Waals surface area contributed by atoms with Crippen molar-refractivity contribution in [2.45, 2.75) is 12.0 Å². The number of phenols is 2. The largest absolute Gasteiger partial charge is 0.504 e. The third-order valence-electron chi connectivity index (χ3n) is 7.22. The molecule has 3 N–H and O–H groups in total. The Morgan fingerprint density at radius 1 is 1.05 bits per heavy atom. The number of rotatable bonds is 5. The molecule has 3 aromatic carbocycles. The number of carbonyl (C=O) groups excluding carboxylic acids is 1. The summed E-state index contributed by atoms with van der Waals surface area (Å²) in [5.74, 6) is -1.64. The standard InChI is InChI=1S/C26H22N2O9/c1-34-21-6-12(5-18(29)25(21)30)22-15-8-19-20(37-11-36-19)9-16(15)24(17-10-35-26(31)23(17)22)27-13-3-2-4-14(7-13)28(32)33/h2-9,17,22-24,27,29-30H,10-11H2,1H3/t17-,22+,23-,24+/m0/s1. The summed E-state index contributed by atoms with van der Waals surface area (Å²) in [4.78, 5) is 24.0. The van der Waals surface area contributed by atoms with Crippen molar-refractivity contribution in [1.29, 1.82) is 0 Å². The minimum atomic E-state index is -0.655. The number of aromatic hydroxyl groups is 2. The molecule has 0 amide bonds. The molecule has 0 aromatic heterocycles. The molecule has 2 aliphatic heterocycles. The number of nitro benzene ring substituents is 1. The van der Waals surface area contributed by atoms with Gasteiger partial charge in [0.1, 0.15) is 0 Å². The number of nitrogens with zero attached hydrogens (tertiary/aromatic N) is 1. The first kappa shape index (κ1) is 22.8. The van der Waals surface area contributed by atoms with Gasteiger partial charge in [-0.15, -0.1) is 0 Å². The predicted octanol–water partition coefficient (Wildman–Crippen LogP) is 3.83. The van der Waals surface area contributed by atoms with E-state index in [4.69, 9.17) is 18.9 Å². The van der Waals surface area contributed by atoms with Crippen LogP contribution in [0.3, 0.4) is 0 Å². The second-order valence-corrected chi connectivity index (χ2v) is 9.15. The van der Waals surface area contributed by atoms with Crippen LogP contribution < -0.4 is 19.5 Å². The van der Waals surface area contributed by atoms with Gasteiger partial charge in [-0.05, 0) is 47.0 Å². The van der Waals surface area contributed by atoms with Gasteiger partial charge in [0, 0.05) is 29.7 Å². The summed E-state index contributed by atoms with van der Waals surface area (Å²) in [6.45, 7) is 0.177. The first-order chi connectivity index (χ1) is 17.9. The highest BCUT2D eigenvalue weighted by Crippen LogP contribution is 2.56. The van der Waals surface area contributed by atoms with E-state index in [9.17, 15) is 25.1 Å². The van der Waals surface area contributed by atoms with Gasteiger partial charge in [-0.1, -0.05) is 6.07 Å². The Kier molecular flexibility index (Phi) is 5.21. The molecule has 0 unspecified atom stereocenters. The fourth-order valence-electron chi connectivity index (χ4n) is 5.59. The van der Waals surface area contributed by atoms with Gasteiger partial charge in [0.2, 0.25) is 12.5 Å². The van der Waals surface area contributed by atoms with Crippen LogP contribution in [0.1, 0.15) is 28.7 Å². The number of carbonyl (C=O) groups is 1. The lowest BCUT2D eigenvalue weighted by atomic mass is 9.65. The maximum absolute atomic E-state index is 13.1. The molecule has 3 aliphatic rings. The summed E-state index contributed by atoms with van der Waals surface area (Å²) >= 11 is 0. The molecule has 190 valence electrons. The minimum absolute atomic E-state index is 0.0502. The van der Waals surface area contributed by atoms with E-state index in [0.717, 1.165) is 11.1 Å². The lowest BCUT2D eigenvalue weighted by Gasteiger charge is -2.40. The van der Waals surface area contributed by atoms with E-state index < -0.39 is 34.5 Å². The molecule has 0 saturated carbocycles. The molecule has 0 bridgehead atoms. The SMILES string of the molecule is COc1cc([C@@H]2c3cc4c(cc3[C@@H](Nc3cccc([N+](=O)[O-])c3)[C@H]3COC(=O)[C@H]23)OCO4)cc(O)c1O. The van der Waals surface area contributed by atoms with E-state index in [1.54, 1.807) is 18.2 Å². The molecule has 1 saturated heterocycles. The number of benzene rings is 3. The number of non-ortho nitro benzene ring substituents is 1. The fourth-order valence-corrected chi connectivity index (χ4v) is 5.59. The van der Waals surface area contributed by atoms with E-state index in [0.29, 0.717) is 22.7 Å². The minimum Gasteiger partial charge on any atom is -0.504 e. The molecule has 11 nitrogen and oxygen atoms in total. The van der Waals surface area contributed by atoms with Gasteiger partial charge in [0.15, 0.2) is 23.0 Å². The van der Waals surface area contributed by atoms with Crippen molar-refractivity contribution in [1.82, 2.24) is 0 Å². The number of nitrogens with one attached hydrogen (secondary N) is 1. The van der Waals surface area contributed by atoms with Crippen LogP contribution in [0.25, 0.3) is 0 Å². The van der Waals surface area contributed by atoms with Crippen molar-refractivity contribution in [3.63, 3.8) is 0 Å². The number of esters is 1. The van der Waals surface area contributed by atoms with E-state index in [1.165, 1.54) is 25.3 Å². The topological polar surface area (TPSA) is 150 Å². The molecular formula is C26H22N2O9. The fraction of sp³-hybridized carbons (Fsp3) is 0.269. The average molecular weight is 506 g/mol. The third kappa shape index (κ3) is 3.62. The van der Waals surface area contributed by atoms with Gasteiger partial charge in [0.25, 0.3) is 5.69 Å². The number of nitro groups is 1. The van der Waals surface area contributed by atoms with Crippen molar-refractivity contribution in [2.24, 2.45) is 11.8 Å². The zero-order chi connectivity index (χ0) is 25.8. The van der Waals surface area contributed by atoms with E-state index in [-0.39, 0.29) is 36.5 Å². The molecular weight excluding hydrogens is 484 g/mol. The Balaban J connectivity index is 1.53. The molecule has 1 fully saturated rings. The number of fused-ring (bicyclic) bond motifs is 3. The van der Waals surface area contributed by atoms with Gasteiger partial charge in [-0.2, -0.15) is 0 Å². The van der Waals surface area contributed by atoms with Crippen LogP contribution in [0.4, 0.5) is 11.4 Å². The molecule has 1 aliphatic carbocycles. The molecule has 4 atom stereocenters. The van der Waals surface area contributed by atoms with Crippen molar-refractivity contribution in [3.8, 4) is 28.7 Å². The van der Waals surface area contributed by atoms with Crippen LogP contribution in [0.2, 0.25) is 0 Å². The maximum atomic E-state index is 13.1. The maximum Gasteiger partial charge on any atom is 0.310 e. The van der Waals surface area contributed by atoms with Crippen molar-refractivity contribution in [3.05, 3.63) is 75.3 Å². The monoisotopic (exact) mass is 506 g/mol. The van der Waals surface area contributed by atoms with E-state index >= 15 is 0 Å². The number of phenolic OH excluding ortho intramolecular Hbond substituents is 2. The van der Waals surface area contributed by atoms with E-state index in [2.05, 4.69) is 5.32 Å².